The van der Waals surface area contributed by atoms with E-state index in [0.717, 1.165) is 148 Å². The molecule has 0 aromatic carbocycles. The fourth-order valence-electron chi connectivity index (χ4n) is 8.99. The number of hydrogen-bond acceptors (Lipinski definition) is 7. The number of likely N-dealkylation sites (N-methyl/N-ethyl adjacent to an activating group) is 1. The average Bonchev–Trinajstić information content (AvgIpc) is 3.46. The van der Waals surface area contributed by atoms with Gasteiger partial charge in [-0.05, 0) is 122 Å². The van der Waals surface area contributed by atoms with Crippen molar-refractivity contribution in [2.75, 3.05) is 40.9 Å². The molecular formula is C73H125N2O7P. The summed E-state index contributed by atoms with van der Waals surface area (Å²) in [5, 5.41) is 3.03. The fourth-order valence-corrected chi connectivity index (χ4v) is 9.71. The summed E-state index contributed by atoms with van der Waals surface area (Å²) in [7, 11) is 1.15. The Morgan fingerprint density at radius 2 is 0.771 bits per heavy atom. The first kappa shape index (κ1) is 79.2. The fraction of sp³-hybridized carbons (Fsp3) is 0.671. The molecule has 0 radical (unpaired) electrons. The third-order valence-electron chi connectivity index (χ3n) is 14.1. The zero-order valence-electron chi connectivity index (χ0n) is 54.1. The maximum atomic E-state index is 13.6. The zero-order valence-corrected chi connectivity index (χ0v) is 55.0. The number of nitrogens with one attached hydrogen (secondary N) is 1. The van der Waals surface area contributed by atoms with Gasteiger partial charge in [-0.25, -0.2) is 0 Å². The van der Waals surface area contributed by atoms with Crippen LogP contribution in [-0.2, 0) is 27.9 Å². The highest BCUT2D eigenvalue weighted by molar-refractivity contribution is 7.45. The summed E-state index contributed by atoms with van der Waals surface area (Å²) in [5.41, 5.74) is 0. The van der Waals surface area contributed by atoms with E-state index in [1.807, 2.05) is 33.3 Å². The standard InChI is InChI=1S/C73H125N2O7P/c1-7-10-13-16-19-22-25-28-30-32-34-36-37-39-40-42-44-47-50-53-56-59-62-65-72(76)74-70(69-81-83(78,79)80-68-67-75(4,5)6)71(64-61-58-55-52-49-46-27-24-21-18-15-12-9-3)82-73(77)66-63-60-57-54-51-48-45-43-41-38-35-33-31-29-26-23-20-17-14-11-8-2/h10-11,13-14,19-20,22-23,28-31,34-36,38-40,43,45,61,64,70-71H,7-9,12,15-18,21,24-27,32-33,37,41-42,44,46-60,62-63,65-69H2,1-6H3,(H-,74,76,78,79)/b13-10-,14-11-,22-19-,23-20-,30-28-,31-29-,36-34-,38-35-,40-39-,45-43-,64-61+. The minimum atomic E-state index is -4.72. The Balaban J connectivity index is 5.27. The van der Waals surface area contributed by atoms with Crippen molar-refractivity contribution in [1.82, 2.24) is 5.32 Å². The first-order valence-electron chi connectivity index (χ1n) is 33.5. The number of quaternary nitrogens is 1. The molecule has 9 nitrogen and oxygen atoms in total. The number of phosphoric ester groups is 1. The molecule has 0 aromatic rings. The Labute approximate surface area is 511 Å². The van der Waals surface area contributed by atoms with Crippen LogP contribution in [0.5, 0.6) is 0 Å². The molecule has 1 amide bonds. The van der Waals surface area contributed by atoms with E-state index in [1.54, 1.807) is 0 Å². The van der Waals surface area contributed by atoms with Gasteiger partial charge in [0.15, 0.2) is 0 Å². The van der Waals surface area contributed by atoms with Crippen LogP contribution in [0.15, 0.2) is 134 Å². The van der Waals surface area contributed by atoms with E-state index in [0.29, 0.717) is 23.9 Å². The maximum absolute atomic E-state index is 13.6. The molecule has 0 aliphatic carbocycles. The smallest absolute Gasteiger partial charge is 0.306 e. The van der Waals surface area contributed by atoms with Crippen LogP contribution < -0.4 is 10.2 Å². The number of ether oxygens (including phenoxy) is 1. The number of rotatable bonds is 59. The molecule has 3 atom stereocenters. The molecule has 83 heavy (non-hydrogen) atoms. The Bertz CT molecular complexity index is 1880. The summed E-state index contributed by atoms with van der Waals surface area (Å²) in [6.07, 6.45) is 87.0. The van der Waals surface area contributed by atoms with Crippen LogP contribution in [0.4, 0.5) is 0 Å². The number of hydrogen-bond donors (Lipinski definition) is 1. The highest BCUT2D eigenvalue weighted by Crippen LogP contribution is 2.38. The molecule has 0 aliphatic rings. The summed E-state index contributed by atoms with van der Waals surface area (Å²) in [6, 6.07) is -0.914. The van der Waals surface area contributed by atoms with Crippen molar-refractivity contribution in [1.29, 1.82) is 0 Å². The number of phosphoric acid groups is 1. The van der Waals surface area contributed by atoms with Crippen LogP contribution in [0, 0.1) is 0 Å². The monoisotopic (exact) mass is 1170 g/mol. The van der Waals surface area contributed by atoms with Crippen LogP contribution >= 0.6 is 7.82 Å². The average molecular weight is 1170 g/mol. The van der Waals surface area contributed by atoms with Gasteiger partial charge in [0.05, 0.1) is 33.8 Å². The van der Waals surface area contributed by atoms with Gasteiger partial charge in [0.1, 0.15) is 19.3 Å². The molecule has 3 unspecified atom stereocenters. The normalized spacial score (nSPS) is 14.4. The predicted octanol–water partition coefficient (Wildman–Crippen LogP) is 20.6. The van der Waals surface area contributed by atoms with Crippen LogP contribution in [0.1, 0.15) is 265 Å². The zero-order chi connectivity index (χ0) is 60.7. The highest BCUT2D eigenvalue weighted by Gasteiger charge is 2.27. The number of esters is 1. The maximum Gasteiger partial charge on any atom is 0.306 e. The number of carbonyl (C=O) groups is 2. The van der Waals surface area contributed by atoms with Crippen molar-refractivity contribution in [2.24, 2.45) is 0 Å². The molecule has 474 valence electrons. The second kappa shape index (κ2) is 61.2. The van der Waals surface area contributed by atoms with E-state index in [1.165, 1.54) is 77.0 Å². The van der Waals surface area contributed by atoms with E-state index in [9.17, 15) is 19.0 Å². The summed E-state index contributed by atoms with van der Waals surface area (Å²) >= 11 is 0. The number of nitrogens with zero attached hydrogens (tertiary/aromatic N) is 1. The summed E-state index contributed by atoms with van der Waals surface area (Å²) in [5.74, 6) is -0.582. The predicted molar refractivity (Wildman–Crippen MR) is 357 cm³/mol. The number of unbranched alkanes of at least 4 members (excludes halogenated alkanes) is 23. The molecule has 0 heterocycles. The number of amides is 1. The molecule has 0 aliphatic heterocycles. The van der Waals surface area contributed by atoms with Gasteiger partial charge in [0.2, 0.25) is 5.91 Å². The van der Waals surface area contributed by atoms with Crippen LogP contribution in [0.25, 0.3) is 0 Å². The van der Waals surface area contributed by atoms with Gasteiger partial charge in [-0.3, -0.25) is 14.2 Å². The highest BCUT2D eigenvalue weighted by atomic mass is 31.2. The SMILES string of the molecule is CC/C=C\C/C=C\C/C=C\C/C=C\C/C=C\CCCCCCCCCC(=O)NC(COP(=O)([O-])OCC[N+](C)(C)C)C(/C=C/CCCCCCCCCCCCC)OC(=O)CCCCCCC/C=C\C/C=C\C/C=C\C/C=C\C/C=C\CC. The molecule has 1 N–H and O–H groups in total. The minimum Gasteiger partial charge on any atom is -0.756 e. The van der Waals surface area contributed by atoms with Crippen molar-refractivity contribution in [3.05, 3.63) is 134 Å². The number of allylic oxidation sites excluding steroid dienone is 21. The van der Waals surface area contributed by atoms with Crippen molar-refractivity contribution >= 4 is 19.7 Å². The molecule has 0 saturated carbocycles. The third kappa shape index (κ3) is 62.5. The quantitative estimate of drug-likeness (QED) is 0.0212. The van der Waals surface area contributed by atoms with E-state index < -0.39 is 26.6 Å². The van der Waals surface area contributed by atoms with Gasteiger partial charge in [0, 0.05) is 12.8 Å². The third-order valence-corrected chi connectivity index (χ3v) is 15.0. The molecule has 0 saturated heterocycles. The topological polar surface area (TPSA) is 114 Å². The van der Waals surface area contributed by atoms with Gasteiger partial charge in [-0.1, -0.05) is 264 Å². The lowest BCUT2D eigenvalue weighted by Crippen LogP contribution is -2.47. The summed E-state index contributed by atoms with van der Waals surface area (Å²) in [4.78, 5) is 40.1. The van der Waals surface area contributed by atoms with Crippen molar-refractivity contribution < 1.29 is 37.3 Å². The van der Waals surface area contributed by atoms with Crippen molar-refractivity contribution in [3.8, 4) is 0 Å². The van der Waals surface area contributed by atoms with E-state index in [-0.39, 0.29) is 24.9 Å². The first-order valence-corrected chi connectivity index (χ1v) is 35.0. The minimum absolute atomic E-state index is 0.0355. The Hall–Kier alpha value is -3.85. The molecule has 0 aromatic heterocycles. The lowest BCUT2D eigenvalue weighted by molar-refractivity contribution is -0.870. The van der Waals surface area contributed by atoms with Gasteiger partial charge in [-0.2, -0.15) is 0 Å². The lowest BCUT2D eigenvalue weighted by atomic mass is 10.0. The second-order valence-electron chi connectivity index (χ2n) is 23.2. The van der Waals surface area contributed by atoms with E-state index in [4.69, 9.17) is 13.8 Å². The van der Waals surface area contributed by atoms with Gasteiger partial charge in [0.25, 0.3) is 7.82 Å². The molecule has 10 heteroatoms. The Morgan fingerprint density at radius 3 is 1.16 bits per heavy atom. The first-order chi connectivity index (χ1) is 40.4. The van der Waals surface area contributed by atoms with Crippen LogP contribution in [0.3, 0.4) is 0 Å². The molecular weight excluding hydrogens is 1050 g/mol. The molecule has 0 fully saturated rings. The molecule has 0 rings (SSSR count). The Kier molecular flexibility index (Phi) is 58.4. The second-order valence-corrected chi connectivity index (χ2v) is 24.6. The molecule has 0 bridgehead atoms. The van der Waals surface area contributed by atoms with Gasteiger partial charge in [-0.15, -0.1) is 0 Å². The van der Waals surface area contributed by atoms with Crippen molar-refractivity contribution in [2.45, 2.75) is 277 Å². The Morgan fingerprint density at radius 1 is 0.434 bits per heavy atom. The largest absolute Gasteiger partial charge is 0.756 e. The van der Waals surface area contributed by atoms with Crippen LogP contribution in [-0.4, -0.2) is 69.4 Å². The van der Waals surface area contributed by atoms with Crippen molar-refractivity contribution in [3.63, 3.8) is 0 Å². The molecule has 0 spiro atoms. The lowest BCUT2D eigenvalue weighted by Gasteiger charge is -2.30. The van der Waals surface area contributed by atoms with Crippen LogP contribution in [0.2, 0.25) is 0 Å². The van der Waals surface area contributed by atoms with E-state index >= 15 is 0 Å². The van der Waals surface area contributed by atoms with Gasteiger partial charge < -0.3 is 28.5 Å². The summed E-state index contributed by atoms with van der Waals surface area (Å²) < 4.78 is 30.4. The summed E-state index contributed by atoms with van der Waals surface area (Å²) in [6.45, 7) is 6.59. The van der Waals surface area contributed by atoms with Gasteiger partial charge >= 0.3 is 5.97 Å². The number of carbonyl (C=O) groups excluding carboxylic acids is 2. The van der Waals surface area contributed by atoms with E-state index in [2.05, 4.69) is 148 Å².